The molecule has 0 radical (unpaired) electrons. The van der Waals surface area contributed by atoms with E-state index in [2.05, 4.69) is 48.8 Å². The van der Waals surface area contributed by atoms with Crippen molar-refractivity contribution < 1.29 is 0 Å². The van der Waals surface area contributed by atoms with Crippen molar-refractivity contribution in [1.29, 1.82) is 0 Å². The van der Waals surface area contributed by atoms with Gasteiger partial charge in [0.05, 0.1) is 0 Å². The van der Waals surface area contributed by atoms with Crippen LogP contribution in [-0.4, -0.2) is 9.97 Å². The Hall–Kier alpha value is 0.170. The summed E-state index contributed by atoms with van der Waals surface area (Å²) in [6.45, 7) is 2.07. The van der Waals surface area contributed by atoms with E-state index in [1.807, 2.05) is 0 Å². The summed E-state index contributed by atoms with van der Waals surface area (Å²) in [5, 5.41) is 0. The van der Waals surface area contributed by atoms with Crippen molar-refractivity contribution in [3.63, 3.8) is 0 Å². The van der Waals surface area contributed by atoms with Crippen molar-refractivity contribution in [3.05, 3.63) is 15.0 Å². The number of imidazole rings is 1. The highest BCUT2D eigenvalue weighted by molar-refractivity contribution is 9.11. The molecule has 0 aliphatic rings. The van der Waals surface area contributed by atoms with Crippen LogP contribution in [0.25, 0.3) is 0 Å². The lowest BCUT2D eigenvalue weighted by Gasteiger charge is -1.85. The van der Waals surface area contributed by atoms with Crippen LogP contribution in [-0.2, 0) is 6.42 Å². The van der Waals surface area contributed by atoms with E-state index >= 15 is 0 Å². The van der Waals surface area contributed by atoms with Gasteiger partial charge in [-0.25, -0.2) is 4.98 Å². The number of halogens is 2. The van der Waals surface area contributed by atoms with Gasteiger partial charge >= 0.3 is 0 Å². The molecule has 4 heteroatoms. The lowest BCUT2D eigenvalue weighted by atomic mass is 10.4. The van der Waals surface area contributed by atoms with Gasteiger partial charge in [-0.2, -0.15) is 0 Å². The number of aromatic nitrogens is 2. The van der Waals surface area contributed by atoms with E-state index in [4.69, 9.17) is 0 Å². The van der Waals surface area contributed by atoms with Gasteiger partial charge in [0.15, 0.2) is 4.73 Å². The zero-order chi connectivity index (χ0) is 6.85. The molecule has 0 saturated heterocycles. The summed E-state index contributed by atoms with van der Waals surface area (Å²) >= 11 is 6.53. The fourth-order valence-corrected chi connectivity index (χ4v) is 1.80. The van der Waals surface area contributed by atoms with Crippen molar-refractivity contribution in [2.75, 3.05) is 0 Å². The van der Waals surface area contributed by atoms with E-state index in [1.165, 1.54) is 0 Å². The third-order valence-electron chi connectivity index (χ3n) is 1.05. The molecular formula is C5H6Br2N2. The Kier molecular flexibility index (Phi) is 2.29. The normalized spacial score (nSPS) is 10.1. The zero-order valence-corrected chi connectivity index (χ0v) is 8.08. The van der Waals surface area contributed by atoms with Crippen molar-refractivity contribution >= 4 is 31.9 Å². The molecule has 1 aromatic heterocycles. The van der Waals surface area contributed by atoms with Crippen LogP contribution in [0.4, 0.5) is 0 Å². The predicted octanol–water partition coefficient (Wildman–Crippen LogP) is 2.50. The monoisotopic (exact) mass is 252 g/mol. The second-order valence-electron chi connectivity index (χ2n) is 1.65. The quantitative estimate of drug-likeness (QED) is 0.819. The molecule has 1 aromatic rings. The van der Waals surface area contributed by atoms with Gasteiger partial charge in [-0.3, -0.25) is 0 Å². The summed E-state index contributed by atoms with van der Waals surface area (Å²) in [5.74, 6) is 0. The van der Waals surface area contributed by atoms with Crippen LogP contribution in [0.2, 0.25) is 0 Å². The number of rotatable bonds is 1. The molecule has 0 aliphatic heterocycles. The van der Waals surface area contributed by atoms with Gasteiger partial charge in [0.1, 0.15) is 4.60 Å². The predicted molar refractivity (Wildman–Crippen MR) is 43.4 cm³/mol. The van der Waals surface area contributed by atoms with Crippen molar-refractivity contribution in [1.82, 2.24) is 9.97 Å². The fraction of sp³-hybridized carbons (Fsp3) is 0.400. The highest BCUT2D eigenvalue weighted by atomic mass is 79.9. The maximum absolute atomic E-state index is 4.06. The summed E-state index contributed by atoms with van der Waals surface area (Å²) in [6.07, 6.45) is 0.971. The van der Waals surface area contributed by atoms with Crippen LogP contribution in [0.15, 0.2) is 9.34 Å². The molecule has 9 heavy (non-hydrogen) atoms. The van der Waals surface area contributed by atoms with Gasteiger partial charge in [-0.1, -0.05) is 6.92 Å². The van der Waals surface area contributed by atoms with E-state index in [1.54, 1.807) is 0 Å². The van der Waals surface area contributed by atoms with Gasteiger partial charge in [0.2, 0.25) is 0 Å². The Morgan fingerprint density at radius 2 is 2.22 bits per heavy atom. The number of hydrogen-bond donors (Lipinski definition) is 1. The van der Waals surface area contributed by atoms with E-state index < -0.39 is 0 Å². The molecule has 2 nitrogen and oxygen atoms in total. The van der Waals surface area contributed by atoms with Gasteiger partial charge in [0, 0.05) is 5.69 Å². The molecule has 0 spiro atoms. The molecule has 0 amide bonds. The van der Waals surface area contributed by atoms with Crippen LogP contribution < -0.4 is 0 Å². The number of aromatic amines is 1. The topological polar surface area (TPSA) is 28.7 Å². The molecule has 0 fully saturated rings. The largest absolute Gasteiger partial charge is 0.335 e. The Labute approximate surface area is 70.3 Å². The Bertz CT molecular complexity index is 207. The lowest BCUT2D eigenvalue weighted by molar-refractivity contribution is 1.05. The number of nitrogens with zero attached hydrogens (tertiary/aromatic N) is 1. The molecule has 0 atom stereocenters. The standard InChI is InChI=1S/C5H6Br2N2/c1-2-3-4(6)9-5(7)8-3/h2H2,1H3,(H,8,9). The van der Waals surface area contributed by atoms with Gasteiger partial charge < -0.3 is 4.98 Å². The maximum Gasteiger partial charge on any atom is 0.175 e. The Morgan fingerprint density at radius 1 is 1.56 bits per heavy atom. The third-order valence-corrected chi connectivity index (χ3v) is 2.08. The molecule has 0 unspecified atom stereocenters. The first kappa shape index (κ1) is 7.28. The average molecular weight is 254 g/mol. The van der Waals surface area contributed by atoms with Crippen LogP contribution >= 0.6 is 31.9 Å². The second kappa shape index (κ2) is 2.84. The minimum absolute atomic E-state index is 0.784. The minimum atomic E-state index is 0.784. The summed E-state index contributed by atoms with van der Waals surface area (Å²) in [5.41, 5.74) is 1.13. The molecule has 0 bridgehead atoms. The highest BCUT2D eigenvalue weighted by Gasteiger charge is 2.01. The summed E-state index contributed by atoms with van der Waals surface area (Å²) in [7, 11) is 0. The fourth-order valence-electron chi connectivity index (χ4n) is 0.592. The molecule has 0 aliphatic carbocycles. The van der Waals surface area contributed by atoms with E-state index in [9.17, 15) is 0 Å². The third kappa shape index (κ3) is 1.55. The number of hydrogen-bond acceptors (Lipinski definition) is 1. The van der Waals surface area contributed by atoms with Gasteiger partial charge in [-0.05, 0) is 38.3 Å². The van der Waals surface area contributed by atoms with Crippen LogP contribution in [0.3, 0.4) is 0 Å². The Morgan fingerprint density at radius 3 is 2.44 bits per heavy atom. The second-order valence-corrected chi connectivity index (χ2v) is 3.15. The van der Waals surface area contributed by atoms with Crippen molar-refractivity contribution in [2.45, 2.75) is 13.3 Å². The molecular weight excluding hydrogens is 248 g/mol. The van der Waals surface area contributed by atoms with Crippen molar-refractivity contribution in [3.8, 4) is 0 Å². The first-order valence-electron chi connectivity index (χ1n) is 2.64. The molecule has 1 N–H and O–H groups in total. The average Bonchev–Trinajstić information content (AvgIpc) is 2.10. The van der Waals surface area contributed by atoms with E-state index in [0.29, 0.717) is 0 Å². The van der Waals surface area contributed by atoms with Crippen LogP contribution in [0.1, 0.15) is 12.6 Å². The van der Waals surface area contributed by atoms with Crippen LogP contribution in [0, 0.1) is 0 Å². The van der Waals surface area contributed by atoms with Gasteiger partial charge in [-0.15, -0.1) is 0 Å². The summed E-state index contributed by atoms with van der Waals surface area (Å²) in [6, 6.07) is 0. The first-order chi connectivity index (χ1) is 4.24. The number of nitrogens with one attached hydrogen (secondary N) is 1. The molecule has 50 valence electrons. The smallest absolute Gasteiger partial charge is 0.175 e. The molecule has 0 aromatic carbocycles. The SMILES string of the molecule is CCc1[nH]c(Br)nc1Br. The minimum Gasteiger partial charge on any atom is -0.335 e. The Balaban J connectivity index is 3.01. The summed E-state index contributed by atoms with van der Waals surface area (Å²) in [4.78, 5) is 7.11. The molecule has 0 saturated carbocycles. The highest BCUT2D eigenvalue weighted by Crippen LogP contribution is 2.16. The summed E-state index contributed by atoms with van der Waals surface area (Å²) < 4.78 is 1.68. The number of H-pyrrole nitrogens is 1. The maximum atomic E-state index is 4.06. The van der Waals surface area contributed by atoms with Crippen LogP contribution in [0.5, 0.6) is 0 Å². The molecule has 1 rings (SSSR count). The lowest BCUT2D eigenvalue weighted by Crippen LogP contribution is -1.77. The van der Waals surface area contributed by atoms with E-state index in [0.717, 1.165) is 21.5 Å². The first-order valence-corrected chi connectivity index (χ1v) is 4.22. The van der Waals surface area contributed by atoms with Crippen molar-refractivity contribution in [2.24, 2.45) is 0 Å². The zero-order valence-electron chi connectivity index (χ0n) is 4.91. The number of aryl methyl sites for hydroxylation is 1. The van der Waals surface area contributed by atoms with Gasteiger partial charge in [0.25, 0.3) is 0 Å². The van der Waals surface area contributed by atoms with E-state index in [-0.39, 0.29) is 0 Å². The molecule has 1 heterocycles.